The van der Waals surface area contributed by atoms with E-state index in [0.29, 0.717) is 0 Å². The molecular formula is C16H16O2. The Bertz CT molecular complexity index is 465. The molecule has 0 heterocycles. The zero-order chi connectivity index (χ0) is 13.1. The van der Waals surface area contributed by atoms with Crippen molar-refractivity contribution in [1.29, 1.82) is 0 Å². The highest BCUT2D eigenvalue weighted by atomic mass is 16.5. The van der Waals surface area contributed by atoms with Crippen LogP contribution in [-0.2, 0) is 9.53 Å². The number of methoxy groups -OCH3 is 1. The first kappa shape index (κ1) is 13.7. The maximum atomic E-state index is 10.7. The first-order valence-corrected chi connectivity index (χ1v) is 5.64. The van der Waals surface area contributed by atoms with Gasteiger partial charge in [0.15, 0.2) is 0 Å². The van der Waals surface area contributed by atoms with Crippen LogP contribution in [0.1, 0.15) is 5.56 Å². The van der Waals surface area contributed by atoms with Crippen molar-refractivity contribution >= 4 is 12.0 Å². The van der Waals surface area contributed by atoms with E-state index in [1.165, 1.54) is 13.2 Å². The van der Waals surface area contributed by atoms with Gasteiger partial charge in [-0.2, -0.15) is 0 Å². The van der Waals surface area contributed by atoms with Gasteiger partial charge >= 0.3 is 5.97 Å². The molecule has 1 aromatic carbocycles. The van der Waals surface area contributed by atoms with E-state index >= 15 is 0 Å². The largest absolute Gasteiger partial charge is 0.466 e. The van der Waals surface area contributed by atoms with Gasteiger partial charge in [-0.25, -0.2) is 4.79 Å². The SMILES string of the molecule is COC(=O)/C=C/C=C/C=C/C=C/c1ccccc1. The molecule has 92 valence electrons. The molecule has 0 spiro atoms. The van der Waals surface area contributed by atoms with E-state index < -0.39 is 0 Å². The molecule has 0 unspecified atom stereocenters. The fraction of sp³-hybridized carbons (Fsp3) is 0.0625. The van der Waals surface area contributed by atoms with Crippen molar-refractivity contribution in [1.82, 2.24) is 0 Å². The lowest BCUT2D eigenvalue weighted by atomic mass is 10.2. The monoisotopic (exact) mass is 240 g/mol. The minimum atomic E-state index is -0.354. The Morgan fingerprint density at radius 3 is 2.22 bits per heavy atom. The third kappa shape index (κ3) is 6.28. The van der Waals surface area contributed by atoms with Gasteiger partial charge in [0, 0.05) is 6.08 Å². The van der Waals surface area contributed by atoms with E-state index in [2.05, 4.69) is 4.74 Å². The van der Waals surface area contributed by atoms with Crippen LogP contribution in [0.3, 0.4) is 0 Å². The second kappa shape index (κ2) is 8.76. The van der Waals surface area contributed by atoms with Crippen molar-refractivity contribution in [3.05, 3.63) is 78.4 Å². The lowest BCUT2D eigenvalue weighted by Gasteiger charge is -1.88. The van der Waals surface area contributed by atoms with Crippen LogP contribution in [-0.4, -0.2) is 13.1 Å². The van der Waals surface area contributed by atoms with E-state index in [-0.39, 0.29) is 5.97 Å². The summed E-state index contributed by atoms with van der Waals surface area (Å²) in [5.74, 6) is -0.354. The predicted octanol–water partition coefficient (Wildman–Crippen LogP) is 3.54. The number of allylic oxidation sites excluding steroid dienone is 6. The Kier molecular flexibility index (Phi) is 6.68. The number of hydrogen-bond donors (Lipinski definition) is 0. The molecule has 0 N–H and O–H groups in total. The van der Waals surface area contributed by atoms with Crippen LogP contribution in [0.4, 0.5) is 0 Å². The van der Waals surface area contributed by atoms with Gasteiger partial charge in [0.2, 0.25) is 0 Å². The van der Waals surface area contributed by atoms with E-state index in [4.69, 9.17) is 0 Å². The highest BCUT2D eigenvalue weighted by molar-refractivity contribution is 5.82. The summed E-state index contributed by atoms with van der Waals surface area (Å²) in [5, 5.41) is 0. The minimum absolute atomic E-state index is 0.354. The Hall–Kier alpha value is -2.35. The van der Waals surface area contributed by atoms with Crippen LogP contribution in [0.5, 0.6) is 0 Å². The fourth-order valence-electron chi connectivity index (χ4n) is 1.19. The second-order valence-electron chi connectivity index (χ2n) is 3.42. The average Bonchev–Trinajstić information content (AvgIpc) is 2.42. The van der Waals surface area contributed by atoms with Crippen molar-refractivity contribution in [2.24, 2.45) is 0 Å². The van der Waals surface area contributed by atoms with E-state index in [9.17, 15) is 4.79 Å². The summed E-state index contributed by atoms with van der Waals surface area (Å²) in [6, 6.07) is 10.1. The van der Waals surface area contributed by atoms with Gasteiger partial charge in [-0.1, -0.05) is 72.9 Å². The summed E-state index contributed by atoms with van der Waals surface area (Å²) in [6.07, 6.45) is 14.4. The molecule has 0 amide bonds. The number of esters is 1. The predicted molar refractivity (Wildman–Crippen MR) is 74.9 cm³/mol. The Labute approximate surface area is 108 Å². The first-order valence-electron chi connectivity index (χ1n) is 5.64. The third-order valence-corrected chi connectivity index (χ3v) is 2.08. The van der Waals surface area contributed by atoms with E-state index in [0.717, 1.165) is 5.56 Å². The van der Waals surface area contributed by atoms with Crippen LogP contribution < -0.4 is 0 Å². The molecule has 2 heteroatoms. The summed E-state index contributed by atoms with van der Waals surface area (Å²) >= 11 is 0. The highest BCUT2D eigenvalue weighted by Crippen LogP contribution is 2.00. The molecule has 0 fully saturated rings. The van der Waals surface area contributed by atoms with Crippen LogP contribution in [0, 0.1) is 0 Å². The number of rotatable bonds is 5. The van der Waals surface area contributed by atoms with Gasteiger partial charge < -0.3 is 4.74 Å². The van der Waals surface area contributed by atoms with Crippen molar-refractivity contribution in [3.63, 3.8) is 0 Å². The molecule has 0 saturated heterocycles. The van der Waals surface area contributed by atoms with Gasteiger partial charge in [-0.15, -0.1) is 0 Å². The number of carbonyl (C=O) groups excluding carboxylic acids is 1. The number of ether oxygens (including phenoxy) is 1. The number of hydrogen-bond acceptors (Lipinski definition) is 2. The minimum Gasteiger partial charge on any atom is -0.466 e. The maximum Gasteiger partial charge on any atom is 0.330 e. The molecule has 0 bridgehead atoms. The van der Waals surface area contributed by atoms with Gasteiger partial charge in [0.25, 0.3) is 0 Å². The smallest absolute Gasteiger partial charge is 0.330 e. The molecule has 0 saturated carbocycles. The molecule has 1 rings (SSSR count). The summed E-state index contributed by atoms with van der Waals surface area (Å²) in [7, 11) is 1.35. The highest BCUT2D eigenvalue weighted by Gasteiger charge is 1.85. The second-order valence-corrected chi connectivity index (χ2v) is 3.42. The molecule has 0 aliphatic heterocycles. The van der Waals surface area contributed by atoms with Crippen molar-refractivity contribution in [2.45, 2.75) is 0 Å². The summed E-state index contributed by atoms with van der Waals surface area (Å²) in [6.45, 7) is 0. The normalized spacial score (nSPS) is 12.1. The molecule has 0 aromatic heterocycles. The van der Waals surface area contributed by atoms with E-state index in [1.54, 1.807) is 12.2 Å². The Balaban J connectivity index is 2.34. The van der Waals surface area contributed by atoms with E-state index in [1.807, 2.05) is 60.7 Å². The molecule has 0 aliphatic carbocycles. The van der Waals surface area contributed by atoms with Gasteiger partial charge in [0.1, 0.15) is 0 Å². The van der Waals surface area contributed by atoms with Crippen LogP contribution >= 0.6 is 0 Å². The van der Waals surface area contributed by atoms with Crippen molar-refractivity contribution < 1.29 is 9.53 Å². The van der Waals surface area contributed by atoms with Gasteiger partial charge in [0.05, 0.1) is 7.11 Å². The van der Waals surface area contributed by atoms with Gasteiger partial charge in [-0.3, -0.25) is 0 Å². The van der Waals surface area contributed by atoms with Crippen LogP contribution in [0.2, 0.25) is 0 Å². The zero-order valence-electron chi connectivity index (χ0n) is 10.3. The quantitative estimate of drug-likeness (QED) is 0.447. The van der Waals surface area contributed by atoms with Crippen molar-refractivity contribution in [2.75, 3.05) is 7.11 Å². The lowest BCUT2D eigenvalue weighted by Crippen LogP contribution is -1.92. The molecule has 2 nitrogen and oxygen atoms in total. The maximum absolute atomic E-state index is 10.7. The standard InChI is InChI=1S/C16H16O2/c1-18-16(17)14-10-5-3-2-4-7-11-15-12-8-6-9-13-15/h2-14H,1H3/b4-2+,5-3+,11-7+,14-10+. The molecule has 18 heavy (non-hydrogen) atoms. The van der Waals surface area contributed by atoms with Crippen LogP contribution in [0.25, 0.3) is 6.08 Å². The number of carbonyl (C=O) groups is 1. The fourth-order valence-corrected chi connectivity index (χ4v) is 1.19. The summed E-state index contributed by atoms with van der Waals surface area (Å²) < 4.78 is 4.46. The molecular weight excluding hydrogens is 224 g/mol. The molecule has 0 aliphatic rings. The molecule has 0 atom stereocenters. The molecule has 1 aromatic rings. The Morgan fingerprint density at radius 1 is 0.944 bits per heavy atom. The molecule has 0 radical (unpaired) electrons. The first-order chi connectivity index (χ1) is 8.83. The zero-order valence-corrected chi connectivity index (χ0v) is 10.3. The Morgan fingerprint density at radius 2 is 1.56 bits per heavy atom. The van der Waals surface area contributed by atoms with Crippen LogP contribution in [0.15, 0.2) is 72.9 Å². The summed E-state index contributed by atoms with van der Waals surface area (Å²) in [5.41, 5.74) is 1.16. The third-order valence-electron chi connectivity index (χ3n) is 2.08. The summed E-state index contributed by atoms with van der Waals surface area (Å²) in [4.78, 5) is 10.7. The topological polar surface area (TPSA) is 26.3 Å². The van der Waals surface area contributed by atoms with Gasteiger partial charge in [-0.05, 0) is 5.56 Å². The van der Waals surface area contributed by atoms with Crippen molar-refractivity contribution in [3.8, 4) is 0 Å². The number of benzene rings is 1. The lowest BCUT2D eigenvalue weighted by molar-refractivity contribution is -0.134. The average molecular weight is 240 g/mol.